The molecule has 1 aromatic heterocycles. The van der Waals surface area contributed by atoms with Crippen LogP contribution in [0.25, 0.3) is 11.5 Å². The fraction of sp³-hybridized carbons (Fsp3) is 0.471. The van der Waals surface area contributed by atoms with Crippen LogP contribution in [0, 0.1) is 5.92 Å². The van der Waals surface area contributed by atoms with Gasteiger partial charge in [0.15, 0.2) is 0 Å². The Morgan fingerprint density at radius 2 is 2.21 bits per heavy atom. The Morgan fingerprint density at radius 1 is 1.38 bits per heavy atom. The minimum absolute atomic E-state index is 0.0151. The van der Waals surface area contributed by atoms with E-state index in [2.05, 4.69) is 22.4 Å². The molecule has 1 aromatic carbocycles. The highest BCUT2D eigenvalue weighted by Gasteiger charge is 2.23. The maximum atomic E-state index is 12.1. The second-order valence-electron chi connectivity index (χ2n) is 6.11. The summed E-state index contributed by atoms with van der Waals surface area (Å²) in [5.41, 5.74) is 0.766. The lowest BCUT2D eigenvalue weighted by Gasteiger charge is -2.29. The zero-order valence-corrected chi connectivity index (χ0v) is 15.1. The molecule has 0 spiro atoms. The highest BCUT2D eigenvalue weighted by atomic mass is 35.5. The van der Waals surface area contributed by atoms with E-state index in [0.717, 1.165) is 12.0 Å². The summed E-state index contributed by atoms with van der Waals surface area (Å²) < 4.78 is 5.59. The Bertz CT molecular complexity index is 707. The number of rotatable bonds is 5. The molecule has 0 bridgehead atoms. The fourth-order valence-corrected chi connectivity index (χ4v) is 3.68. The maximum Gasteiger partial charge on any atom is 0.277 e. The fourth-order valence-electron chi connectivity index (χ4n) is 2.91. The van der Waals surface area contributed by atoms with E-state index in [4.69, 9.17) is 16.0 Å². The summed E-state index contributed by atoms with van der Waals surface area (Å²) >= 11 is 7.21. The van der Waals surface area contributed by atoms with Crippen LogP contribution in [-0.4, -0.2) is 27.9 Å². The highest BCUT2D eigenvalue weighted by Crippen LogP contribution is 2.26. The summed E-state index contributed by atoms with van der Waals surface area (Å²) in [5.74, 6) is 1.24. The Labute approximate surface area is 150 Å². The van der Waals surface area contributed by atoms with Gasteiger partial charge in [-0.3, -0.25) is 4.79 Å². The van der Waals surface area contributed by atoms with Crippen molar-refractivity contribution >= 4 is 29.3 Å². The molecule has 0 radical (unpaired) electrons. The van der Waals surface area contributed by atoms with Crippen molar-refractivity contribution in [3.05, 3.63) is 29.3 Å². The smallest absolute Gasteiger partial charge is 0.277 e. The first-order chi connectivity index (χ1) is 11.6. The molecule has 0 unspecified atom stereocenters. The van der Waals surface area contributed by atoms with Gasteiger partial charge in [-0.1, -0.05) is 49.2 Å². The summed E-state index contributed by atoms with van der Waals surface area (Å²) in [6, 6.07) is 7.52. The van der Waals surface area contributed by atoms with Gasteiger partial charge in [0.05, 0.1) is 5.75 Å². The van der Waals surface area contributed by atoms with E-state index in [1.807, 2.05) is 12.1 Å². The van der Waals surface area contributed by atoms with Crippen LogP contribution < -0.4 is 5.32 Å². The molecule has 0 saturated heterocycles. The van der Waals surface area contributed by atoms with Crippen molar-refractivity contribution in [3.8, 4) is 11.5 Å². The zero-order chi connectivity index (χ0) is 16.9. The monoisotopic (exact) mass is 365 g/mol. The van der Waals surface area contributed by atoms with Crippen molar-refractivity contribution in [3.63, 3.8) is 0 Å². The average molecular weight is 366 g/mol. The lowest BCUT2D eigenvalue weighted by Crippen LogP contribution is -2.41. The number of halogens is 1. The molecule has 1 N–H and O–H groups in total. The topological polar surface area (TPSA) is 68.0 Å². The van der Waals surface area contributed by atoms with E-state index in [1.165, 1.54) is 31.0 Å². The van der Waals surface area contributed by atoms with Gasteiger partial charge in [-0.15, -0.1) is 10.2 Å². The number of benzene rings is 1. The van der Waals surface area contributed by atoms with Gasteiger partial charge in [-0.05, 0) is 37.0 Å². The molecule has 7 heteroatoms. The number of thioether (sulfide) groups is 1. The Morgan fingerprint density at radius 3 is 3.00 bits per heavy atom. The summed E-state index contributed by atoms with van der Waals surface area (Å²) in [5, 5.41) is 12.1. The molecule has 3 rings (SSSR count). The Hall–Kier alpha value is -1.53. The van der Waals surface area contributed by atoms with Crippen LogP contribution in [0.1, 0.15) is 32.6 Å². The number of hydrogen-bond acceptors (Lipinski definition) is 5. The number of aromatic nitrogens is 2. The Balaban J connectivity index is 1.52. The number of carbonyl (C=O) groups excluding carboxylic acids is 1. The van der Waals surface area contributed by atoms with Crippen LogP contribution in [-0.2, 0) is 4.79 Å². The van der Waals surface area contributed by atoms with Crippen molar-refractivity contribution < 1.29 is 9.21 Å². The molecule has 0 aliphatic heterocycles. The standard InChI is InChI=1S/C17H20ClN3O2S/c1-11-5-2-3-8-14(11)19-15(22)10-24-17-21-20-16(23-17)12-6-4-7-13(18)9-12/h4,6-7,9,11,14H,2-3,5,8,10H2,1H3,(H,19,22)/t11-,14-/m1/s1. The maximum absolute atomic E-state index is 12.1. The van der Waals surface area contributed by atoms with E-state index in [-0.39, 0.29) is 17.7 Å². The van der Waals surface area contributed by atoms with Crippen LogP contribution >= 0.6 is 23.4 Å². The van der Waals surface area contributed by atoms with Gasteiger partial charge < -0.3 is 9.73 Å². The first-order valence-electron chi connectivity index (χ1n) is 8.13. The van der Waals surface area contributed by atoms with Gasteiger partial charge in [0, 0.05) is 16.6 Å². The molecular formula is C17H20ClN3O2S. The number of carbonyl (C=O) groups is 1. The second kappa shape index (κ2) is 8.03. The number of hydrogen-bond donors (Lipinski definition) is 1. The molecule has 24 heavy (non-hydrogen) atoms. The first kappa shape index (κ1) is 17.3. The molecule has 1 heterocycles. The van der Waals surface area contributed by atoms with Crippen LogP contribution in [0.2, 0.25) is 5.02 Å². The Kier molecular flexibility index (Phi) is 5.79. The van der Waals surface area contributed by atoms with Crippen molar-refractivity contribution in [1.82, 2.24) is 15.5 Å². The van der Waals surface area contributed by atoms with Crippen molar-refractivity contribution in [2.45, 2.75) is 43.9 Å². The largest absolute Gasteiger partial charge is 0.411 e. The van der Waals surface area contributed by atoms with Gasteiger partial charge in [0.25, 0.3) is 5.22 Å². The van der Waals surface area contributed by atoms with Crippen LogP contribution in [0.5, 0.6) is 0 Å². The summed E-state index contributed by atoms with van der Waals surface area (Å²) in [4.78, 5) is 12.1. The number of amides is 1. The third-order valence-corrected chi connectivity index (χ3v) is 5.32. The third kappa shape index (κ3) is 4.51. The third-order valence-electron chi connectivity index (χ3n) is 4.26. The van der Waals surface area contributed by atoms with Crippen molar-refractivity contribution in [1.29, 1.82) is 0 Å². The van der Waals surface area contributed by atoms with Crippen LogP contribution in [0.3, 0.4) is 0 Å². The van der Waals surface area contributed by atoms with E-state index in [0.29, 0.717) is 22.1 Å². The molecule has 2 aromatic rings. The predicted molar refractivity (Wildman–Crippen MR) is 95.0 cm³/mol. The van der Waals surface area contributed by atoms with E-state index < -0.39 is 0 Å². The lowest BCUT2D eigenvalue weighted by molar-refractivity contribution is -0.119. The molecule has 1 aliphatic rings. The molecule has 1 saturated carbocycles. The lowest BCUT2D eigenvalue weighted by atomic mass is 9.86. The van der Waals surface area contributed by atoms with Crippen LogP contribution in [0.4, 0.5) is 0 Å². The first-order valence-corrected chi connectivity index (χ1v) is 9.50. The molecule has 128 valence electrons. The number of nitrogens with one attached hydrogen (secondary N) is 1. The summed E-state index contributed by atoms with van der Waals surface area (Å²) in [6.07, 6.45) is 4.70. The highest BCUT2D eigenvalue weighted by molar-refractivity contribution is 7.99. The molecule has 1 fully saturated rings. The molecule has 2 atom stereocenters. The minimum Gasteiger partial charge on any atom is -0.411 e. The SMILES string of the molecule is C[C@@H]1CCCC[C@H]1NC(=O)CSc1nnc(-c2cccc(Cl)c2)o1. The average Bonchev–Trinajstić information content (AvgIpc) is 3.04. The quantitative estimate of drug-likeness (QED) is 0.805. The summed E-state index contributed by atoms with van der Waals surface area (Å²) in [6.45, 7) is 2.20. The molecule has 1 amide bonds. The number of nitrogens with zero attached hydrogens (tertiary/aromatic N) is 2. The molecule has 1 aliphatic carbocycles. The zero-order valence-electron chi connectivity index (χ0n) is 13.5. The second-order valence-corrected chi connectivity index (χ2v) is 7.47. The van der Waals surface area contributed by atoms with Gasteiger partial charge in [0.1, 0.15) is 0 Å². The predicted octanol–water partition coefficient (Wildman–Crippen LogP) is 4.18. The van der Waals surface area contributed by atoms with Crippen LogP contribution in [0.15, 0.2) is 33.9 Å². The van der Waals surface area contributed by atoms with Gasteiger partial charge in [-0.2, -0.15) is 0 Å². The van der Waals surface area contributed by atoms with E-state index in [1.54, 1.807) is 12.1 Å². The molecule has 5 nitrogen and oxygen atoms in total. The van der Waals surface area contributed by atoms with Crippen molar-refractivity contribution in [2.24, 2.45) is 5.92 Å². The van der Waals surface area contributed by atoms with E-state index in [9.17, 15) is 4.79 Å². The van der Waals surface area contributed by atoms with Gasteiger partial charge in [-0.25, -0.2) is 0 Å². The molecular weight excluding hydrogens is 346 g/mol. The minimum atomic E-state index is 0.0151. The van der Waals surface area contributed by atoms with Gasteiger partial charge in [0.2, 0.25) is 11.8 Å². The normalized spacial score (nSPS) is 20.8. The summed E-state index contributed by atoms with van der Waals surface area (Å²) in [7, 11) is 0. The van der Waals surface area contributed by atoms with Crippen molar-refractivity contribution in [2.75, 3.05) is 5.75 Å². The van der Waals surface area contributed by atoms with E-state index >= 15 is 0 Å². The van der Waals surface area contributed by atoms with Gasteiger partial charge >= 0.3 is 0 Å².